The van der Waals surface area contributed by atoms with Crippen LogP contribution < -0.4 is 0 Å². The molecule has 0 aliphatic rings. The molecule has 2 aromatic heterocycles. The van der Waals surface area contributed by atoms with Crippen LogP contribution in [0.3, 0.4) is 0 Å². The number of hydrogen-bond donors (Lipinski definition) is 0. The van der Waals surface area contributed by atoms with Crippen LogP contribution in [0.15, 0.2) is 96.4 Å². The highest BCUT2D eigenvalue weighted by molar-refractivity contribution is 7.10. The lowest BCUT2D eigenvalue weighted by Crippen LogP contribution is -1.90. The van der Waals surface area contributed by atoms with E-state index >= 15 is 0 Å². The normalized spacial score (nSPS) is 10.4. The predicted molar refractivity (Wildman–Crippen MR) is 193 cm³/mol. The minimum atomic E-state index is 0.869. The lowest BCUT2D eigenvalue weighted by atomic mass is 9.97. The summed E-state index contributed by atoms with van der Waals surface area (Å²) in [5, 5.41) is 3.35. The Labute approximate surface area is 269 Å². The molecule has 5 aromatic rings. The first-order valence-corrected chi connectivity index (χ1v) is 17.1. The maximum absolute atomic E-state index is 5.58. The molecule has 2 heteroatoms. The third-order valence-corrected chi connectivity index (χ3v) is 8.75. The summed E-state index contributed by atoms with van der Waals surface area (Å²) in [6.45, 7) is 4.19. The fourth-order valence-corrected chi connectivity index (χ4v) is 6.29. The Hall–Kier alpha value is -4.11. The van der Waals surface area contributed by atoms with Gasteiger partial charge in [0.1, 0.15) is 0 Å². The number of thiophene rings is 1. The second kappa shape index (κ2) is 18.5. The Morgan fingerprint density at radius 3 is 1.98 bits per heavy atom. The van der Waals surface area contributed by atoms with Gasteiger partial charge in [-0.25, -0.2) is 4.98 Å². The van der Waals surface area contributed by atoms with Gasteiger partial charge in [-0.05, 0) is 72.2 Å². The molecule has 0 N–H and O–H groups in total. The van der Waals surface area contributed by atoms with Crippen LogP contribution in [0.4, 0.5) is 0 Å². The van der Waals surface area contributed by atoms with Crippen LogP contribution in [-0.2, 0) is 6.42 Å². The number of hydrogen-bond acceptors (Lipinski definition) is 2. The molecule has 0 fully saturated rings. The summed E-state index contributed by atoms with van der Waals surface area (Å²) in [4.78, 5) is 6.06. The number of rotatable bonds is 13. The van der Waals surface area contributed by atoms with Gasteiger partial charge in [0.05, 0.1) is 16.1 Å². The maximum atomic E-state index is 5.58. The molecule has 0 saturated carbocycles. The number of pyridine rings is 1. The van der Waals surface area contributed by atoms with Crippen molar-refractivity contribution in [3.05, 3.63) is 112 Å². The molecule has 0 bridgehead atoms. The summed E-state index contributed by atoms with van der Waals surface area (Å²) >= 11 is 1.78. The zero-order valence-electron chi connectivity index (χ0n) is 26.4. The number of benzene rings is 3. The monoisotopic (exact) mass is 595 g/mol. The lowest BCUT2D eigenvalue weighted by Gasteiger charge is -2.11. The minimum absolute atomic E-state index is 0.869. The summed E-state index contributed by atoms with van der Waals surface area (Å²) in [5.74, 6) is 8.82. The van der Waals surface area contributed by atoms with Gasteiger partial charge in [-0.3, -0.25) is 0 Å². The first-order valence-electron chi connectivity index (χ1n) is 16.2. The number of terminal acetylenes is 1. The van der Waals surface area contributed by atoms with E-state index in [-0.39, 0.29) is 0 Å². The van der Waals surface area contributed by atoms with Crippen molar-refractivity contribution in [2.24, 2.45) is 0 Å². The van der Waals surface area contributed by atoms with Crippen molar-refractivity contribution in [3.8, 4) is 46.6 Å². The molecule has 44 heavy (non-hydrogen) atoms. The fourth-order valence-electron chi connectivity index (χ4n) is 5.44. The molecule has 0 atom stereocenters. The van der Waals surface area contributed by atoms with Gasteiger partial charge in [-0.1, -0.05) is 137 Å². The number of fused-ring (bicyclic) bond motifs is 1. The van der Waals surface area contributed by atoms with Crippen molar-refractivity contribution in [1.29, 1.82) is 0 Å². The molecule has 0 unspecified atom stereocenters. The smallest absolute Gasteiger partial charge is 0.0771 e. The largest absolute Gasteiger partial charge is 0.248 e. The number of nitrogens with zero attached hydrogens (tertiary/aromatic N) is 1. The van der Waals surface area contributed by atoms with E-state index < -0.39 is 0 Å². The highest BCUT2D eigenvalue weighted by Gasteiger charge is 2.10. The number of aryl methyl sites for hydroxylation is 1. The van der Waals surface area contributed by atoms with Gasteiger partial charge in [0.25, 0.3) is 0 Å². The average molecular weight is 596 g/mol. The van der Waals surface area contributed by atoms with Crippen LogP contribution in [0.2, 0.25) is 0 Å². The molecule has 0 amide bonds. The first-order chi connectivity index (χ1) is 21.7. The van der Waals surface area contributed by atoms with Crippen molar-refractivity contribution >= 4 is 22.2 Å². The van der Waals surface area contributed by atoms with Crippen molar-refractivity contribution in [1.82, 2.24) is 4.98 Å². The zero-order valence-corrected chi connectivity index (χ0v) is 27.3. The summed E-state index contributed by atoms with van der Waals surface area (Å²) in [7, 11) is 0. The van der Waals surface area contributed by atoms with E-state index in [0.29, 0.717) is 0 Å². The quantitative estimate of drug-likeness (QED) is 0.0974. The second-order valence-corrected chi connectivity index (χ2v) is 12.2. The van der Waals surface area contributed by atoms with E-state index in [1.165, 1.54) is 81.1 Å². The molecule has 2 heterocycles. The van der Waals surface area contributed by atoms with Gasteiger partial charge in [0.15, 0.2) is 0 Å². The molecule has 5 rings (SSSR count). The third kappa shape index (κ3) is 10.3. The van der Waals surface area contributed by atoms with E-state index in [1.807, 2.05) is 49.4 Å². The van der Waals surface area contributed by atoms with Gasteiger partial charge in [-0.15, -0.1) is 23.7 Å². The zero-order chi connectivity index (χ0) is 30.8. The van der Waals surface area contributed by atoms with Gasteiger partial charge < -0.3 is 0 Å². The molecule has 3 aromatic carbocycles. The van der Waals surface area contributed by atoms with Crippen LogP contribution in [0.5, 0.6) is 0 Å². The summed E-state index contributed by atoms with van der Waals surface area (Å²) in [6.07, 6.45) is 20.9. The molecular formula is C42H45NS. The van der Waals surface area contributed by atoms with Crippen molar-refractivity contribution < 1.29 is 0 Å². The molecule has 0 aliphatic carbocycles. The molecule has 224 valence electrons. The highest BCUT2D eigenvalue weighted by atomic mass is 32.1. The topological polar surface area (TPSA) is 12.9 Å². The van der Waals surface area contributed by atoms with Crippen molar-refractivity contribution in [2.45, 2.75) is 84.5 Å². The Kier molecular flexibility index (Phi) is 13.8. The van der Waals surface area contributed by atoms with Gasteiger partial charge in [0, 0.05) is 16.5 Å². The Balaban J connectivity index is 0.000000205. The Morgan fingerprint density at radius 2 is 1.34 bits per heavy atom. The standard InChI is InChI=1S/C23H15N.C19H30S/c1-2-17-13-14-22-21(15-17)20(18-9-5-3-6-10-18)16-23(24-22)19-11-7-4-8-12-19;1-3-5-6-7-8-9-10-11-12-13-15-18-16-19(14-4-2)20-17-18/h1,3-16H;16-17H,3,5-13,15H2,1-2H3. The van der Waals surface area contributed by atoms with Crippen LogP contribution in [0, 0.1) is 24.2 Å². The summed E-state index contributed by atoms with van der Waals surface area (Å²) in [5.41, 5.74) is 7.69. The van der Waals surface area contributed by atoms with Gasteiger partial charge in [0.2, 0.25) is 0 Å². The lowest BCUT2D eigenvalue weighted by molar-refractivity contribution is 0.556. The van der Waals surface area contributed by atoms with Crippen molar-refractivity contribution in [2.75, 3.05) is 0 Å². The molecule has 0 aliphatic heterocycles. The highest BCUT2D eigenvalue weighted by Crippen LogP contribution is 2.32. The Morgan fingerprint density at radius 1 is 0.705 bits per heavy atom. The average Bonchev–Trinajstić information content (AvgIpc) is 3.53. The molecule has 1 nitrogen and oxygen atoms in total. The second-order valence-electron chi connectivity index (χ2n) is 11.3. The Bertz CT molecular complexity index is 1660. The minimum Gasteiger partial charge on any atom is -0.248 e. The fraction of sp³-hybridized carbons (Fsp3) is 0.310. The summed E-state index contributed by atoms with van der Waals surface area (Å²) in [6, 6.07) is 31.0. The predicted octanol–water partition coefficient (Wildman–Crippen LogP) is 12.1. The maximum Gasteiger partial charge on any atom is 0.0771 e. The number of aromatic nitrogens is 1. The molecule has 0 saturated heterocycles. The molecular weight excluding hydrogens is 551 g/mol. The van der Waals surface area contributed by atoms with E-state index in [9.17, 15) is 0 Å². The van der Waals surface area contributed by atoms with Crippen LogP contribution in [-0.4, -0.2) is 4.98 Å². The first kappa shape index (κ1) is 32.8. The molecule has 0 radical (unpaired) electrons. The number of unbranched alkanes of at least 4 members (excludes halogenated alkanes) is 9. The molecule has 0 spiro atoms. The van der Waals surface area contributed by atoms with Crippen molar-refractivity contribution in [3.63, 3.8) is 0 Å². The van der Waals surface area contributed by atoms with Crippen LogP contribution >= 0.6 is 11.3 Å². The SMILES string of the molecule is C#Cc1ccc2nc(-c3ccccc3)cc(-c3ccccc3)c2c1.CC#Cc1cc(CCCCCCCCCCCC)cs1. The van der Waals surface area contributed by atoms with E-state index in [1.54, 1.807) is 11.3 Å². The van der Waals surface area contributed by atoms with E-state index in [2.05, 4.69) is 78.6 Å². The van der Waals surface area contributed by atoms with Gasteiger partial charge in [-0.2, -0.15) is 0 Å². The third-order valence-electron chi connectivity index (χ3n) is 7.85. The summed E-state index contributed by atoms with van der Waals surface area (Å²) < 4.78 is 0. The van der Waals surface area contributed by atoms with E-state index in [0.717, 1.165) is 38.9 Å². The van der Waals surface area contributed by atoms with E-state index in [4.69, 9.17) is 11.4 Å². The van der Waals surface area contributed by atoms with Crippen LogP contribution in [0.1, 0.15) is 94.1 Å². The van der Waals surface area contributed by atoms with Crippen LogP contribution in [0.25, 0.3) is 33.3 Å². The van der Waals surface area contributed by atoms with Gasteiger partial charge >= 0.3 is 0 Å².